The van der Waals surface area contributed by atoms with E-state index < -0.39 is 0 Å². The van der Waals surface area contributed by atoms with Gasteiger partial charge in [-0.15, -0.1) is 0 Å². The molecule has 1 heteroatoms. The van der Waals surface area contributed by atoms with Crippen molar-refractivity contribution in [1.29, 1.82) is 0 Å². The Morgan fingerprint density at radius 1 is 0.923 bits per heavy atom. The summed E-state index contributed by atoms with van der Waals surface area (Å²) in [6, 6.07) is 0. The van der Waals surface area contributed by atoms with Gasteiger partial charge in [0.05, 0.1) is 6.26 Å². The number of hydrogen-bond acceptors (Lipinski definition) is 1. The number of rotatable bonds is 8. The summed E-state index contributed by atoms with van der Waals surface area (Å²) in [7, 11) is 0. The SMILES string of the molecule is CCCCCCCC=CCC=CO. The third-order valence-corrected chi connectivity index (χ3v) is 2.02. The van der Waals surface area contributed by atoms with Crippen LogP contribution in [0.3, 0.4) is 0 Å². The summed E-state index contributed by atoms with van der Waals surface area (Å²) in [4.78, 5) is 0. The predicted octanol–water partition coefficient (Wildman–Crippen LogP) is 4.36. The zero-order chi connectivity index (χ0) is 9.78. The van der Waals surface area contributed by atoms with Crippen molar-refractivity contribution >= 4 is 0 Å². The lowest BCUT2D eigenvalue weighted by molar-refractivity contribution is 0.471. The van der Waals surface area contributed by atoms with Crippen LogP contribution in [-0.4, -0.2) is 5.11 Å². The van der Waals surface area contributed by atoms with Gasteiger partial charge in [0.25, 0.3) is 0 Å². The van der Waals surface area contributed by atoms with Gasteiger partial charge in [-0.05, 0) is 25.3 Å². The van der Waals surface area contributed by atoms with Gasteiger partial charge in [0.1, 0.15) is 0 Å². The van der Waals surface area contributed by atoms with Gasteiger partial charge < -0.3 is 5.11 Å². The topological polar surface area (TPSA) is 20.2 Å². The number of aliphatic hydroxyl groups excluding tert-OH is 1. The quantitative estimate of drug-likeness (QED) is 0.336. The largest absolute Gasteiger partial charge is 0.516 e. The molecular weight excluding hydrogens is 160 g/mol. The molecule has 1 nitrogen and oxygen atoms in total. The molecule has 0 radical (unpaired) electrons. The van der Waals surface area contributed by atoms with E-state index in [9.17, 15) is 0 Å². The maximum Gasteiger partial charge on any atom is 0.0754 e. The molecule has 0 heterocycles. The summed E-state index contributed by atoms with van der Waals surface area (Å²) in [5.41, 5.74) is 0. The minimum atomic E-state index is 0.853. The molecule has 0 amide bonds. The highest BCUT2D eigenvalue weighted by molar-refractivity contribution is 4.89. The molecule has 1 N–H and O–H groups in total. The van der Waals surface area contributed by atoms with Crippen LogP contribution in [-0.2, 0) is 0 Å². The van der Waals surface area contributed by atoms with Crippen LogP contribution in [0.5, 0.6) is 0 Å². The first-order valence-corrected chi connectivity index (χ1v) is 5.36. The Kier molecular flexibility index (Phi) is 10.7. The fraction of sp³-hybridized carbons (Fsp3) is 0.667. The first-order valence-electron chi connectivity index (χ1n) is 5.36. The lowest BCUT2D eigenvalue weighted by Gasteiger charge is -1.95. The van der Waals surface area contributed by atoms with Crippen LogP contribution in [0.4, 0.5) is 0 Å². The van der Waals surface area contributed by atoms with E-state index >= 15 is 0 Å². The van der Waals surface area contributed by atoms with E-state index in [0.29, 0.717) is 0 Å². The van der Waals surface area contributed by atoms with Gasteiger partial charge in [0.15, 0.2) is 0 Å². The molecule has 0 aromatic rings. The Labute approximate surface area is 82.2 Å². The molecule has 0 aliphatic heterocycles. The van der Waals surface area contributed by atoms with E-state index in [0.717, 1.165) is 12.7 Å². The molecule has 0 aromatic heterocycles. The highest BCUT2D eigenvalue weighted by Crippen LogP contribution is 2.05. The van der Waals surface area contributed by atoms with Gasteiger partial charge in [-0.25, -0.2) is 0 Å². The zero-order valence-electron chi connectivity index (χ0n) is 8.71. The van der Waals surface area contributed by atoms with E-state index in [-0.39, 0.29) is 0 Å². The number of unbranched alkanes of at least 4 members (excludes halogenated alkanes) is 5. The van der Waals surface area contributed by atoms with Crippen LogP contribution in [0.1, 0.15) is 51.9 Å². The molecule has 0 saturated carbocycles. The van der Waals surface area contributed by atoms with Crippen molar-refractivity contribution in [3.05, 3.63) is 24.5 Å². The van der Waals surface area contributed by atoms with Crippen LogP contribution in [0.2, 0.25) is 0 Å². The lowest BCUT2D eigenvalue weighted by Crippen LogP contribution is -1.75. The Bertz CT molecular complexity index is 136. The van der Waals surface area contributed by atoms with Crippen molar-refractivity contribution in [1.82, 2.24) is 0 Å². The Morgan fingerprint density at radius 3 is 2.38 bits per heavy atom. The van der Waals surface area contributed by atoms with Crippen LogP contribution in [0.15, 0.2) is 24.5 Å². The summed E-state index contributed by atoms with van der Waals surface area (Å²) in [5.74, 6) is 0. The molecule has 76 valence electrons. The molecule has 13 heavy (non-hydrogen) atoms. The summed E-state index contributed by atoms with van der Waals surface area (Å²) >= 11 is 0. The standard InChI is InChI=1S/C12H22O/c1-2-3-4-5-6-7-8-9-10-11-12-13/h8-9,11-13H,2-7,10H2,1H3. The summed E-state index contributed by atoms with van der Waals surface area (Å²) < 4.78 is 0. The average molecular weight is 182 g/mol. The number of aliphatic hydroxyl groups is 1. The van der Waals surface area contributed by atoms with Gasteiger partial charge in [-0.2, -0.15) is 0 Å². The number of allylic oxidation sites excluding steroid dienone is 3. The second-order valence-electron chi connectivity index (χ2n) is 3.29. The van der Waals surface area contributed by atoms with Crippen molar-refractivity contribution in [2.24, 2.45) is 0 Å². The maximum absolute atomic E-state index is 8.35. The summed E-state index contributed by atoms with van der Waals surface area (Å²) in [5, 5.41) is 8.35. The fourth-order valence-corrected chi connectivity index (χ4v) is 1.22. The van der Waals surface area contributed by atoms with Gasteiger partial charge in [-0.1, -0.05) is 44.8 Å². The van der Waals surface area contributed by atoms with E-state index in [2.05, 4.69) is 19.1 Å². The molecule has 0 spiro atoms. The molecular formula is C12H22O. The minimum absolute atomic E-state index is 0.853. The maximum atomic E-state index is 8.35. The van der Waals surface area contributed by atoms with Gasteiger partial charge in [-0.3, -0.25) is 0 Å². The van der Waals surface area contributed by atoms with Crippen LogP contribution >= 0.6 is 0 Å². The summed E-state index contributed by atoms with van der Waals surface area (Å²) in [6.45, 7) is 2.24. The number of hydrogen-bond donors (Lipinski definition) is 1. The van der Waals surface area contributed by atoms with Crippen LogP contribution < -0.4 is 0 Å². The first-order chi connectivity index (χ1) is 6.41. The molecule has 0 bridgehead atoms. The second-order valence-corrected chi connectivity index (χ2v) is 3.29. The summed E-state index contributed by atoms with van der Waals surface area (Å²) in [6.07, 6.45) is 15.9. The molecule has 0 aliphatic carbocycles. The first kappa shape index (κ1) is 12.3. The highest BCUT2D eigenvalue weighted by Gasteiger charge is 1.85. The zero-order valence-corrected chi connectivity index (χ0v) is 8.71. The predicted molar refractivity (Wildman–Crippen MR) is 58.9 cm³/mol. The lowest BCUT2D eigenvalue weighted by atomic mass is 10.1. The van der Waals surface area contributed by atoms with E-state index in [1.54, 1.807) is 6.08 Å². The Hall–Kier alpha value is -0.720. The third-order valence-electron chi connectivity index (χ3n) is 2.02. The molecule has 0 unspecified atom stereocenters. The van der Waals surface area contributed by atoms with Crippen molar-refractivity contribution in [3.8, 4) is 0 Å². The molecule has 0 saturated heterocycles. The molecule has 0 atom stereocenters. The average Bonchev–Trinajstić information content (AvgIpc) is 2.16. The van der Waals surface area contributed by atoms with Crippen LogP contribution in [0.25, 0.3) is 0 Å². The van der Waals surface area contributed by atoms with Crippen molar-refractivity contribution in [2.75, 3.05) is 0 Å². The third kappa shape index (κ3) is 11.3. The fourth-order valence-electron chi connectivity index (χ4n) is 1.22. The van der Waals surface area contributed by atoms with E-state index in [4.69, 9.17) is 5.11 Å². The molecule has 0 rings (SSSR count). The van der Waals surface area contributed by atoms with Crippen LogP contribution in [0, 0.1) is 0 Å². The van der Waals surface area contributed by atoms with Crippen molar-refractivity contribution in [3.63, 3.8) is 0 Å². The van der Waals surface area contributed by atoms with Crippen molar-refractivity contribution < 1.29 is 5.11 Å². The monoisotopic (exact) mass is 182 g/mol. The van der Waals surface area contributed by atoms with Gasteiger partial charge >= 0.3 is 0 Å². The molecule has 0 aromatic carbocycles. The normalized spacial score (nSPS) is 11.8. The van der Waals surface area contributed by atoms with E-state index in [1.807, 2.05) is 0 Å². The highest BCUT2D eigenvalue weighted by atomic mass is 16.2. The van der Waals surface area contributed by atoms with Gasteiger partial charge in [0.2, 0.25) is 0 Å². The van der Waals surface area contributed by atoms with Gasteiger partial charge in [0, 0.05) is 0 Å². The van der Waals surface area contributed by atoms with E-state index in [1.165, 1.54) is 38.5 Å². The minimum Gasteiger partial charge on any atom is -0.516 e. The molecule has 0 aliphatic rings. The molecule has 0 fully saturated rings. The smallest absolute Gasteiger partial charge is 0.0754 e. The van der Waals surface area contributed by atoms with Crippen molar-refractivity contribution in [2.45, 2.75) is 51.9 Å². The second kappa shape index (κ2) is 11.3. The Morgan fingerprint density at radius 2 is 1.69 bits per heavy atom. The Balaban J connectivity index is 3.02.